The van der Waals surface area contributed by atoms with Gasteiger partial charge in [0.05, 0.1) is 12.2 Å². The van der Waals surface area contributed by atoms with Gasteiger partial charge in [0.2, 0.25) is 0 Å². The zero-order valence-electron chi connectivity index (χ0n) is 13.9. The molecule has 0 fully saturated rings. The van der Waals surface area contributed by atoms with E-state index < -0.39 is 6.09 Å². The second kappa shape index (κ2) is 7.68. The number of benzene rings is 1. The fourth-order valence-electron chi connectivity index (χ4n) is 2.17. The van der Waals surface area contributed by atoms with Gasteiger partial charge in [0, 0.05) is 29.0 Å². The third-order valence-electron chi connectivity index (χ3n) is 3.46. The van der Waals surface area contributed by atoms with Crippen LogP contribution in [0.25, 0.3) is 0 Å². The number of amides is 1. The molecule has 0 unspecified atom stereocenters. The minimum absolute atomic E-state index is 0.206. The van der Waals surface area contributed by atoms with Crippen LogP contribution in [0, 0.1) is 0 Å². The van der Waals surface area contributed by atoms with E-state index in [1.807, 2.05) is 23.7 Å². The summed E-state index contributed by atoms with van der Waals surface area (Å²) in [6.07, 6.45) is -0.986. The predicted octanol–water partition coefficient (Wildman–Crippen LogP) is 5.11. The molecule has 1 aromatic carbocycles. The van der Waals surface area contributed by atoms with Gasteiger partial charge >= 0.3 is 6.09 Å². The van der Waals surface area contributed by atoms with Crippen molar-refractivity contribution in [3.63, 3.8) is 0 Å². The molecule has 1 heterocycles. The van der Waals surface area contributed by atoms with Crippen LogP contribution in [0.4, 0.5) is 4.79 Å². The summed E-state index contributed by atoms with van der Waals surface area (Å²) >= 11 is 13.7. The van der Waals surface area contributed by atoms with Gasteiger partial charge in [-0.25, -0.2) is 9.78 Å². The first-order valence-electron chi connectivity index (χ1n) is 7.32. The van der Waals surface area contributed by atoms with Crippen LogP contribution in [0.1, 0.15) is 31.3 Å². The van der Waals surface area contributed by atoms with Crippen LogP contribution >= 0.6 is 35.0 Å². The SMILES string of the molecule is CC(C)c1nc(CN(C)C(=O)O)n(C)c1Sc1cc(Cl)cc(Cl)c1. The van der Waals surface area contributed by atoms with E-state index >= 15 is 0 Å². The number of imidazole rings is 1. The van der Waals surface area contributed by atoms with E-state index in [2.05, 4.69) is 18.8 Å². The number of carbonyl (C=O) groups is 1. The fourth-order valence-corrected chi connectivity index (χ4v) is 4.05. The van der Waals surface area contributed by atoms with Gasteiger partial charge in [-0.1, -0.05) is 48.8 Å². The van der Waals surface area contributed by atoms with Crippen molar-refractivity contribution in [2.45, 2.75) is 36.2 Å². The average Bonchev–Trinajstić information content (AvgIpc) is 2.75. The molecule has 24 heavy (non-hydrogen) atoms. The van der Waals surface area contributed by atoms with Crippen molar-refractivity contribution >= 4 is 41.1 Å². The van der Waals surface area contributed by atoms with Crippen LogP contribution in [0.5, 0.6) is 0 Å². The Morgan fingerprint density at radius 1 is 1.33 bits per heavy atom. The Balaban J connectivity index is 2.40. The number of halogens is 2. The van der Waals surface area contributed by atoms with Gasteiger partial charge in [0.15, 0.2) is 0 Å². The number of carboxylic acid groups (broad SMARTS) is 1. The number of hydrogen-bond acceptors (Lipinski definition) is 3. The van der Waals surface area contributed by atoms with E-state index in [4.69, 9.17) is 28.3 Å². The van der Waals surface area contributed by atoms with Crippen molar-refractivity contribution in [1.82, 2.24) is 14.5 Å². The highest BCUT2D eigenvalue weighted by Crippen LogP contribution is 2.36. The Morgan fingerprint density at radius 2 is 1.92 bits per heavy atom. The van der Waals surface area contributed by atoms with Crippen molar-refractivity contribution in [3.8, 4) is 0 Å². The number of hydrogen-bond donors (Lipinski definition) is 1. The van der Waals surface area contributed by atoms with Gasteiger partial charge in [0.1, 0.15) is 10.9 Å². The fraction of sp³-hybridized carbons (Fsp3) is 0.375. The lowest BCUT2D eigenvalue weighted by molar-refractivity contribution is 0.152. The van der Waals surface area contributed by atoms with Gasteiger partial charge in [-0.15, -0.1) is 0 Å². The summed E-state index contributed by atoms with van der Waals surface area (Å²) in [5.41, 5.74) is 0.924. The van der Waals surface area contributed by atoms with E-state index in [0.717, 1.165) is 15.6 Å². The highest BCUT2D eigenvalue weighted by Gasteiger charge is 2.20. The Bertz CT molecular complexity index is 742. The first-order chi connectivity index (χ1) is 11.2. The van der Waals surface area contributed by atoms with E-state index in [0.29, 0.717) is 15.9 Å². The monoisotopic (exact) mass is 387 g/mol. The van der Waals surface area contributed by atoms with Gasteiger partial charge in [-0.05, 0) is 24.1 Å². The van der Waals surface area contributed by atoms with E-state index in [-0.39, 0.29) is 12.5 Å². The zero-order valence-corrected chi connectivity index (χ0v) is 16.2. The molecule has 1 N–H and O–H groups in total. The molecule has 1 amide bonds. The van der Waals surface area contributed by atoms with Crippen LogP contribution in [-0.2, 0) is 13.6 Å². The van der Waals surface area contributed by atoms with Gasteiger partial charge in [-0.2, -0.15) is 0 Å². The first kappa shape index (κ1) is 19.0. The molecule has 1 aromatic heterocycles. The van der Waals surface area contributed by atoms with Crippen molar-refractivity contribution < 1.29 is 9.90 Å². The quantitative estimate of drug-likeness (QED) is 0.773. The molecule has 2 aromatic rings. The molecular formula is C16H19Cl2N3O2S. The molecule has 0 atom stereocenters. The smallest absolute Gasteiger partial charge is 0.407 e. The molecule has 0 saturated carbocycles. The first-order valence-corrected chi connectivity index (χ1v) is 8.89. The summed E-state index contributed by atoms with van der Waals surface area (Å²) in [5, 5.41) is 11.2. The Hall–Kier alpha value is -1.37. The van der Waals surface area contributed by atoms with E-state index in [9.17, 15) is 4.79 Å². The highest BCUT2D eigenvalue weighted by molar-refractivity contribution is 7.99. The summed E-state index contributed by atoms with van der Waals surface area (Å²) in [7, 11) is 3.41. The molecule has 2 rings (SSSR count). The van der Waals surface area contributed by atoms with E-state index in [1.54, 1.807) is 6.07 Å². The Labute approximate surface area is 155 Å². The topological polar surface area (TPSA) is 58.4 Å². The average molecular weight is 388 g/mol. The molecule has 0 bridgehead atoms. The highest BCUT2D eigenvalue weighted by atomic mass is 35.5. The molecule has 130 valence electrons. The lowest BCUT2D eigenvalue weighted by Crippen LogP contribution is -2.25. The molecule has 0 aliphatic rings. The zero-order chi connectivity index (χ0) is 18.0. The minimum Gasteiger partial charge on any atom is -0.465 e. The molecule has 0 radical (unpaired) electrons. The second-order valence-electron chi connectivity index (χ2n) is 5.78. The van der Waals surface area contributed by atoms with Crippen molar-refractivity contribution in [2.24, 2.45) is 7.05 Å². The maximum Gasteiger partial charge on any atom is 0.407 e. The van der Waals surface area contributed by atoms with E-state index in [1.165, 1.54) is 23.7 Å². The summed E-state index contributed by atoms with van der Waals surface area (Å²) in [5.74, 6) is 0.900. The normalized spacial score (nSPS) is 11.1. The maximum absolute atomic E-state index is 11.1. The minimum atomic E-state index is -0.986. The van der Waals surface area contributed by atoms with Crippen LogP contribution in [0.3, 0.4) is 0 Å². The lowest BCUT2D eigenvalue weighted by Gasteiger charge is -2.13. The summed E-state index contributed by atoms with van der Waals surface area (Å²) in [6.45, 7) is 4.34. The molecule has 0 saturated heterocycles. The van der Waals surface area contributed by atoms with Gasteiger partial charge in [-0.3, -0.25) is 0 Å². The van der Waals surface area contributed by atoms with Crippen LogP contribution in [-0.4, -0.2) is 32.7 Å². The molecule has 8 heteroatoms. The third-order valence-corrected chi connectivity index (χ3v) is 5.05. The largest absolute Gasteiger partial charge is 0.465 e. The van der Waals surface area contributed by atoms with Gasteiger partial charge < -0.3 is 14.6 Å². The predicted molar refractivity (Wildman–Crippen MR) is 97.4 cm³/mol. The molecular weight excluding hydrogens is 369 g/mol. The summed E-state index contributed by atoms with van der Waals surface area (Å²) in [6, 6.07) is 5.38. The number of rotatable bonds is 5. The Morgan fingerprint density at radius 3 is 2.42 bits per heavy atom. The summed E-state index contributed by atoms with van der Waals surface area (Å²) in [4.78, 5) is 17.8. The molecule has 0 aliphatic heterocycles. The summed E-state index contributed by atoms with van der Waals surface area (Å²) < 4.78 is 1.92. The Kier molecular flexibility index (Phi) is 6.06. The van der Waals surface area contributed by atoms with Crippen LogP contribution < -0.4 is 0 Å². The third kappa shape index (κ3) is 4.37. The van der Waals surface area contributed by atoms with Crippen LogP contribution in [0.15, 0.2) is 28.1 Å². The lowest BCUT2D eigenvalue weighted by atomic mass is 10.2. The second-order valence-corrected chi connectivity index (χ2v) is 7.71. The molecule has 5 nitrogen and oxygen atoms in total. The van der Waals surface area contributed by atoms with Crippen molar-refractivity contribution in [1.29, 1.82) is 0 Å². The molecule has 0 spiro atoms. The maximum atomic E-state index is 11.1. The number of nitrogens with zero attached hydrogens (tertiary/aromatic N) is 3. The van der Waals surface area contributed by atoms with Crippen molar-refractivity contribution in [2.75, 3.05) is 7.05 Å². The van der Waals surface area contributed by atoms with Crippen LogP contribution in [0.2, 0.25) is 10.0 Å². The standard InChI is InChI=1S/C16H19Cl2N3O2S/c1-9(2)14-15(24-12-6-10(17)5-11(18)7-12)21(4)13(19-14)8-20(3)16(22)23/h5-7,9H,8H2,1-4H3,(H,22,23). The van der Waals surface area contributed by atoms with Gasteiger partial charge in [0.25, 0.3) is 0 Å². The molecule has 0 aliphatic carbocycles. The number of aromatic nitrogens is 2. The van der Waals surface area contributed by atoms with Crippen molar-refractivity contribution in [3.05, 3.63) is 39.8 Å².